The summed E-state index contributed by atoms with van der Waals surface area (Å²) in [5, 5.41) is 0. The minimum atomic E-state index is -0.162. The molecule has 126 valence electrons. The van der Waals surface area contributed by atoms with E-state index in [-0.39, 0.29) is 11.8 Å². The second-order valence-electron chi connectivity index (χ2n) is 6.48. The SMILES string of the molecule is CN(C)[C@H](Cc1ccccc1)C(=O)c1ccc(-c2ccccc2)cc1. The van der Waals surface area contributed by atoms with Gasteiger partial charge in [-0.15, -0.1) is 0 Å². The van der Waals surface area contributed by atoms with E-state index in [1.54, 1.807) is 0 Å². The molecule has 1 atom stereocenters. The van der Waals surface area contributed by atoms with Crippen LogP contribution in [0, 0.1) is 0 Å². The zero-order chi connectivity index (χ0) is 17.6. The first-order valence-corrected chi connectivity index (χ1v) is 8.55. The van der Waals surface area contributed by atoms with Crippen LogP contribution >= 0.6 is 0 Å². The van der Waals surface area contributed by atoms with Crippen LogP contribution in [0.2, 0.25) is 0 Å². The molecule has 25 heavy (non-hydrogen) atoms. The lowest BCUT2D eigenvalue weighted by Crippen LogP contribution is -2.37. The molecular weight excluding hydrogens is 306 g/mol. The van der Waals surface area contributed by atoms with Crippen molar-refractivity contribution in [1.29, 1.82) is 0 Å². The summed E-state index contributed by atoms with van der Waals surface area (Å²) in [7, 11) is 3.92. The normalized spacial score (nSPS) is 12.1. The van der Waals surface area contributed by atoms with E-state index in [9.17, 15) is 4.79 Å². The van der Waals surface area contributed by atoms with Gasteiger partial charge in [0, 0.05) is 5.56 Å². The Morgan fingerprint density at radius 3 is 1.84 bits per heavy atom. The number of rotatable bonds is 6. The van der Waals surface area contributed by atoms with Gasteiger partial charge in [-0.25, -0.2) is 0 Å². The predicted molar refractivity (Wildman–Crippen MR) is 104 cm³/mol. The highest BCUT2D eigenvalue weighted by molar-refractivity contribution is 6.00. The maximum Gasteiger partial charge on any atom is 0.180 e. The maximum atomic E-state index is 13.0. The maximum absolute atomic E-state index is 13.0. The molecule has 2 nitrogen and oxygen atoms in total. The fourth-order valence-electron chi connectivity index (χ4n) is 3.00. The summed E-state index contributed by atoms with van der Waals surface area (Å²) in [5.41, 5.74) is 4.22. The summed E-state index contributed by atoms with van der Waals surface area (Å²) in [6.07, 6.45) is 0.715. The molecule has 2 heteroatoms. The number of benzene rings is 3. The molecule has 0 spiro atoms. The summed E-state index contributed by atoms with van der Waals surface area (Å²) in [6, 6.07) is 28.1. The summed E-state index contributed by atoms with van der Waals surface area (Å²) in [4.78, 5) is 15.0. The van der Waals surface area contributed by atoms with Gasteiger partial charge >= 0.3 is 0 Å². The number of nitrogens with zero attached hydrogens (tertiary/aromatic N) is 1. The monoisotopic (exact) mass is 329 g/mol. The number of carbonyl (C=O) groups is 1. The molecule has 0 bridgehead atoms. The van der Waals surface area contributed by atoms with Crippen molar-refractivity contribution in [1.82, 2.24) is 4.90 Å². The van der Waals surface area contributed by atoms with E-state index in [1.807, 2.05) is 79.7 Å². The molecule has 0 fully saturated rings. The van der Waals surface area contributed by atoms with Gasteiger partial charge in [-0.1, -0.05) is 84.9 Å². The number of carbonyl (C=O) groups excluding carboxylic acids is 1. The smallest absolute Gasteiger partial charge is 0.180 e. The third kappa shape index (κ3) is 4.23. The molecule has 0 N–H and O–H groups in total. The Morgan fingerprint density at radius 2 is 1.28 bits per heavy atom. The molecule has 0 amide bonds. The average molecular weight is 329 g/mol. The Balaban J connectivity index is 1.80. The minimum Gasteiger partial charge on any atom is -0.299 e. The van der Waals surface area contributed by atoms with E-state index < -0.39 is 0 Å². The lowest BCUT2D eigenvalue weighted by molar-refractivity contribution is 0.0875. The first-order valence-electron chi connectivity index (χ1n) is 8.55. The van der Waals surface area contributed by atoms with Gasteiger partial charge in [0.15, 0.2) is 5.78 Å². The summed E-state index contributed by atoms with van der Waals surface area (Å²) >= 11 is 0. The minimum absolute atomic E-state index is 0.161. The Hall–Kier alpha value is -2.71. The topological polar surface area (TPSA) is 20.3 Å². The molecule has 3 aromatic rings. The molecule has 0 heterocycles. The molecule has 0 radical (unpaired) electrons. The molecule has 3 aromatic carbocycles. The molecule has 0 aliphatic rings. The molecule has 0 aliphatic carbocycles. The highest BCUT2D eigenvalue weighted by Crippen LogP contribution is 2.21. The largest absolute Gasteiger partial charge is 0.299 e. The molecule has 3 rings (SSSR count). The Bertz CT molecular complexity index is 808. The number of ketones is 1. The quantitative estimate of drug-likeness (QED) is 0.611. The average Bonchev–Trinajstić information content (AvgIpc) is 2.67. The van der Waals surface area contributed by atoms with Crippen LogP contribution in [0.5, 0.6) is 0 Å². The Morgan fingerprint density at radius 1 is 0.760 bits per heavy atom. The van der Waals surface area contributed by atoms with E-state index in [0.29, 0.717) is 6.42 Å². The van der Waals surface area contributed by atoms with Crippen molar-refractivity contribution < 1.29 is 4.79 Å². The van der Waals surface area contributed by atoms with E-state index in [4.69, 9.17) is 0 Å². The van der Waals surface area contributed by atoms with E-state index >= 15 is 0 Å². The van der Waals surface area contributed by atoms with Crippen LogP contribution in [-0.2, 0) is 6.42 Å². The van der Waals surface area contributed by atoms with E-state index in [1.165, 1.54) is 5.56 Å². The summed E-state index contributed by atoms with van der Waals surface area (Å²) < 4.78 is 0. The molecule has 0 saturated carbocycles. The Kier molecular flexibility index (Phi) is 5.42. The van der Waals surface area contributed by atoms with E-state index in [0.717, 1.165) is 16.7 Å². The summed E-state index contributed by atoms with van der Waals surface area (Å²) in [6.45, 7) is 0. The van der Waals surface area contributed by atoms with Crippen LogP contribution < -0.4 is 0 Å². The number of hydrogen-bond acceptors (Lipinski definition) is 2. The van der Waals surface area contributed by atoms with Crippen molar-refractivity contribution >= 4 is 5.78 Å². The van der Waals surface area contributed by atoms with Crippen molar-refractivity contribution in [3.8, 4) is 11.1 Å². The van der Waals surface area contributed by atoms with Crippen molar-refractivity contribution in [2.45, 2.75) is 12.5 Å². The third-order valence-corrected chi connectivity index (χ3v) is 4.47. The number of likely N-dealkylation sites (N-methyl/N-ethyl adjacent to an activating group) is 1. The van der Waals surface area contributed by atoms with Crippen LogP contribution in [0.25, 0.3) is 11.1 Å². The van der Waals surface area contributed by atoms with Crippen LogP contribution in [0.3, 0.4) is 0 Å². The van der Waals surface area contributed by atoms with E-state index in [2.05, 4.69) is 24.3 Å². The Labute approximate surface area is 149 Å². The molecule has 0 aliphatic heterocycles. The third-order valence-electron chi connectivity index (χ3n) is 4.47. The van der Waals surface area contributed by atoms with Crippen LogP contribution in [0.15, 0.2) is 84.9 Å². The highest BCUT2D eigenvalue weighted by Gasteiger charge is 2.22. The van der Waals surface area contributed by atoms with Crippen molar-refractivity contribution in [3.05, 3.63) is 96.1 Å². The second-order valence-corrected chi connectivity index (χ2v) is 6.48. The van der Waals surface area contributed by atoms with Crippen molar-refractivity contribution in [2.75, 3.05) is 14.1 Å². The molecular formula is C23H23NO. The number of Topliss-reactive ketones (excluding diaryl/α,β-unsaturated/α-hetero) is 1. The highest BCUT2D eigenvalue weighted by atomic mass is 16.1. The van der Waals surface area contributed by atoms with Crippen LogP contribution in [0.1, 0.15) is 15.9 Å². The standard InChI is InChI=1S/C23H23NO/c1-24(2)22(17-18-9-5-3-6-10-18)23(25)21-15-13-20(14-16-21)19-11-7-4-8-12-19/h3-16,22H,17H2,1-2H3/t22-/m1/s1. The van der Waals surface area contributed by atoms with Gasteiger partial charge in [0.2, 0.25) is 0 Å². The predicted octanol–water partition coefficient (Wildman–Crippen LogP) is 4.71. The van der Waals surface area contributed by atoms with Gasteiger partial charge in [-0.2, -0.15) is 0 Å². The molecule has 0 saturated heterocycles. The zero-order valence-corrected chi connectivity index (χ0v) is 14.7. The first kappa shape index (κ1) is 17.1. The molecule has 0 aromatic heterocycles. The number of hydrogen-bond donors (Lipinski definition) is 0. The molecule has 0 unspecified atom stereocenters. The van der Waals surface area contributed by atoms with Crippen molar-refractivity contribution in [3.63, 3.8) is 0 Å². The van der Waals surface area contributed by atoms with Gasteiger partial charge in [-0.05, 0) is 37.2 Å². The first-order chi connectivity index (χ1) is 12.1. The van der Waals surface area contributed by atoms with Gasteiger partial charge in [0.25, 0.3) is 0 Å². The fourth-order valence-corrected chi connectivity index (χ4v) is 3.00. The van der Waals surface area contributed by atoms with Gasteiger partial charge in [0.05, 0.1) is 6.04 Å². The second kappa shape index (κ2) is 7.91. The lowest BCUT2D eigenvalue weighted by atomic mass is 9.95. The summed E-state index contributed by atoms with van der Waals surface area (Å²) in [5.74, 6) is 0.161. The zero-order valence-electron chi connectivity index (χ0n) is 14.7. The van der Waals surface area contributed by atoms with Crippen LogP contribution in [0.4, 0.5) is 0 Å². The van der Waals surface area contributed by atoms with Gasteiger partial charge in [-0.3, -0.25) is 9.69 Å². The fraction of sp³-hybridized carbons (Fsp3) is 0.174. The van der Waals surface area contributed by atoms with Crippen LogP contribution in [-0.4, -0.2) is 30.8 Å². The lowest BCUT2D eigenvalue weighted by Gasteiger charge is -2.23. The van der Waals surface area contributed by atoms with Gasteiger partial charge < -0.3 is 0 Å². The van der Waals surface area contributed by atoms with Crippen molar-refractivity contribution in [2.24, 2.45) is 0 Å². The van der Waals surface area contributed by atoms with Gasteiger partial charge in [0.1, 0.15) is 0 Å².